The zero-order chi connectivity index (χ0) is 9.90. The highest BCUT2D eigenvalue weighted by atomic mass is 32.2. The second-order valence-corrected chi connectivity index (χ2v) is 4.95. The van der Waals surface area contributed by atoms with Crippen molar-refractivity contribution in [3.8, 4) is 6.07 Å². The summed E-state index contributed by atoms with van der Waals surface area (Å²) in [5, 5.41) is 17.3. The van der Waals surface area contributed by atoms with Gasteiger partial charge in [-0.15, -0.1) is 0 Å². The Hall–Kier alpha value is -0.640. The van der Waals surface area contributed by atoms with Gasteiger partial charge in [-0.3, -0.25) is 0 Å². The number of hydrogen-bond acceptors (Lipinski definition) is 4. The predicted octanol–water partition coefficient (Wildman–Crippen LogP) is -0.657. The minimum absolute atomic E-state index is 0.201. The van der Waals surface area contributed by atoms with Gasteiger partial charge < -0.3 is 5.11 Å². The molecule has 0 saturated heterocycles. The Morgan fingerprint density at radius 2 is 2.23 bits per heavy atom. The summed E-state index contributed by atoms with van der Waals surface area (Å²) in [6.07, 6.45) is 1.31. The third kappa shape index (κ3) is 3.30. The second-order valence-electron chi connectivity index (χ2n) is 3.20. The van der Waals surface area contributed by atoms with Crippen molar-refractivity contribution in [3.63, 3.8) is 0 Å². The van der Waals surface area contributed by atoms with Gasteiger partial charge in [0.1, 0.15) is 0 Å². The molecule has 1 rings (SSSR count). The highest BCUT2D eigenvalue weighted by molar-refractivity contribution is 7.89. The summed E-state index contributed by atoms with van der Waals surface area (Å²) >= 11 is 0. The minimum atomic E-state index is -3.46. The van der Waals surface area contributed by atoms with E-state index in [-0.39, 0.29) is 6.04 Å². The lowest BCUT2D eigenvalue weighted by atomic mass is 10.3. The molecule has 0 aromatic heterocycles. The van der Waals surface area contributed by atoms with Crippen molar-refractivity contribution in [2.24, 2.45) is 0 Å². The lowest BCUT2D eigenvalue weighted by Crippen LogP contribution is -2.34. The van der Waals surface area contributed by atoms with Crippen molar-refractivity contribution >= 4 is 10.0 Å². The predicted molar refractivity (Wildman–Crippen MR) is 46.2 cm³/mol. The van der Waals surface area contributed by atoms with Crippen molar-refractivity contribution in [2.45, 2.75) is 31.4 Å². The quantitative estimate of drug-likeness (QED) is 0.638. The first-order valence-electron chi connectivity index (χ1n) is 4.08. The molecule has 1 aliphatic rings. The molecule has 2 atom stereocenters. The van der Waals surface area contributed by atoms with Crippen LogP contribution in [0.1, 0.15) is 19.3 Å². The van der Waals surface area contributed by atoms with Gasteiger partial charge in [-0.25, -0.2) is 13.1 Å². The Bertz CT molecular complexity index is 306. The number of aliphatic hydroxyl groups is 1. The molecule has 5 nitrogen and oxygen atoms in total. The highest BCUT2D eigenvalue weighted by Gasteiger charge is 2.26. The Morgan fingerprint density at radius 1 is 1.54 bits per heavy atom. The van der Waals surface area contributed by atoms with Gasteiger partial charge in [0.05, 0.1) is 12.2 Å². The lowest BCUT2D eigenvalue weighted by Gasteiger charge is -2.09. The summed E-state index contributed by atoms with van der Waals surface area (Å²) in [4.78, 5) is 0. The molecule has 6 heteroatoms. The van der Waals surface area contributed by atoms with Crippen LogP contribution >= 0.6 is 0 Å². The Balaban J connectivity index is 2.46. The maximum absolute atomic E-state index is 11.1. The van der Waals surface area contributed by atoms with E-state index in [2.05, 4.69) is 4.72 Å². The van der Waals surface area contributed by atoms with E-state index in [9.17, 15) is 8.42 Å². The molecule has 0 aliphatic heterocycles. The topological polar surface area (TPSA) is 90.2 Å². The number of nitrogens with zero attached hydrogens (tertiary/aromatic N) is 1. The van der Waals surface area contributed by atoms with Crippen LogP contribution in [0.3, 0.4) is 0 Å². The SMILES string of the molecule is N#CCS(=O)(=O)N[C@H]1CC[C@@H](O)C1. The molecule has 1 aliphatic carbocycles. The monoisotopic (exact) mass is 204 g/mol. The molecule has 0 aromatic carbocycles. The zero-order valence-electron chi connectivity index (χ0n) is 7.10. The van der Waals surface area contributed by atoms with E-state index < -0.39 is 21.9 Å². The minimum Gasteiger partial charge on any atom is -0.393 e. The summed E-state index contributed by atoms with van der Waals surface area (Å²) in [7, 11) is -3.46. The van der Waals surface area contributed by atoms with E-state index in [4.69, 9.17) is 10.4 Å². The lowest BCUT2D eigenvalue weighted by molar-refractivity contribution is 0.181. The van der Waals surface area contributed by atoms with E-state index >= 15 is 0 Å². The summed E-state index contributed by atoms with van der Waals surface area (Å²) in [5.74, 6) is -0.514. The first kappa shape index (κ1) is 10.4. The molecule has 1 fully saturated rings. The largest absolute Gasteiger partial charge is 0.393 e. The Kier molecular flexibility index (Phi) is 3.25. The smallest absolute Gasteiger partial charge is 0.225 e. The van der Waals surface area contributed by atoms with E-state index in [1.54, 1.807) is 6.07 Å². The van der Waals surface area contributed by atoms with Crippen LogP contribution in [0.15, 0.2) is 0 Å². The molecule has 74 valence electrons. The fraction of sp³-hybridized carbons (Fsp3) is 0.857. The molecule has 13 heavy (non-hydrogen) atoms. The van der Waals surface area contributed by atoms with Gasteiger partial charge in [0.15, 0.2) is 5.75 Å². The number of sulfonamides is 1. The standard InChI is InChI=1S/C7H12N2O3S/c8-3-4-13(11,12)9-6-1-2-7(10)5-6/h6-7,9-10H,1-2,4-5H2/t6-,7+/m0/s1. The van der Waals surface area contributed by atoms with Crippen LogP contribution in [0.2, 0.25) is 0 Å². The number of hydrogen-bond donors (Lipinski definition) is 2. The van der Waals surface area contributed by atoms with Crippen molar-refractivity contribution in [1.29, 1.82) is 5.26 Å². The highest BCUT2D eigenvalue weighted by Crippen LogP contribution is 2.19. The van der Waals surface area contributed by atoms with Crippen LogP contribution in [0.4, 0.5) is 0 Å². The van der Waals surface area contributed by atoms with Gasteiger partial charge in [-0.2, -0.15) is 5.26 Å². The fourth-order valence-corrected chi connectivity index (χ4v) is 2.42. The third-order valence-corrected chi connectivity index (χ3v) is 3.21. The molecule has 0 bridgehead atoms. The van der Waals surface area contributed by atoms with E-state index in [0.29, 0.717) is 19.3 Å². The molecule has 0 aromatic rings. The van der Waals surface area contributed by atoms with E-state index in [0.717, 1.165) is 0 Å². The van der Waals surface area contributed by atoms with Crippen LogP contribution in [0, 0.1) is 11.3 Å². The van der Waals surface area contributed by atoms with E-state index in [1.807, 2.05) is 0 Å². The van der Waals surface area contributed by atoms with Crippen molar-refractivity contribution in [2.75, 3.05) is 5.75 Å². The van der Waals surface area contributed by atoms with Gasteiger partial charge in [-0.1, -0.05) is 0 Å². The Morgan fingerprint density at radius 3 is 2.69 bits per heavy atom. The van der Waals surface area contributed by atoms with E-state index in [1.165, 1.54) is 0 Å². The molecule has 1 saturated carbocycles. The molecular weight excluding hydrogens is 192 g/mol. The van der Waals surface area contributed by atoms with Gasteiger partial charge in [0.2, 0.25) is 10.0 Å². The average molecular weight is 204 g/mol. The van der Waals surface area contributed by atoms with Crippen LogP contribution in [0.25, 0.3) is 0 Å². The molecule has 0 spiro atoms. The Labute approximate surface area is 77.4 Å². The summed E-state index contributed by atoms with van der Waals surface area (Å²) in [6, 6.07) is 1.38. The maximum atomic E-state index is 11.1. The summed E-state index contributed by atoms with van der Waals surface area (Å²) in [5.41, 5.74) is 0. The number of nitriles is 1. The normalized spacial score (nSPS) is 28.6. The molecule has 0 heterocycles. The number of aliphatic hydroxyl groups excluding tert-OH is 1. The molecule has 0 radical (unpaired) electrons. The van der Waals surface area contributed by atoms with Crippen molar-refractivity contribution in [1.82, 2.24) is 4.72 Å². The first-order chi connectivity index (χ1) is 6.03. The third-order valence-electron chi connectivity index (χ3n) is 2.01. The maximum Gasteiger partial charge on any atom is 0.225 e. The van der Waals surface area contributed by atoms with Crippen LogP contribution < -0.4 is 4.72 Å². The first-order valence-corrected chi connectivity index (χ1v) is 5.74. The van der Waals surface area contributed by atoms with Crippen LogP contribution in [-0.4, -0.2) is 31.4 Å². The summed E-state index contributed by atoms with van der Waals surface area (Å²) < 4.78 is 24.5. The van der Waals surface area contributed by atoms with Gasteiger partial charge in [0, 0.05) is 6.04 Å². The van der Waals surface area contributed by atoms with Crippen molar-refractivity contribution in [3.05, 3.63) is 0 Å². The van der Waals surface area contributed by atoms with Crippen molar-refractivity contribution < 1.29 is 13.5 Å². The van der Waals surface area contributed by atoms with Gasteiger partial charge >= 0.3 is 0 Å². The molecule has 2 N–H and O–H groups in total. The average Bonchev–Trinajstić information content (AvgIpc) is 2.34. The van der Waals surface area contributed by atoms with Crippen LogP contribution in [0.5, 0.6) is 0 Å². The number of nitrogens with one attached hydrogen (secondary N) is 1. The molecule has 0 unspecified atom stereocenters. The fourth-order valence-electron chi connectivity index (χ4n) is 1.45. The van der Waals surface area contributed by atoms with Gasteiger partial charge in [-0.05, 0) is 19.3 Å². The van der Waals surface area contributed by atoms with Crippen LogP contribution in [-0.2, 0) is 10.0 Å². The second kappa shape index (κ2) is 4.05. The van der Waals surface area contributed by atoms with Gasteiger partial charge in [0.25, 0.3) is 0 Å². The number of rotatable bonds is 3. The molecular formula is C7H12N2O3S. The molecule has 0 amide bonds. The summed E-state index contributed by atoms with van der Waals surface area (Å²) in [6.45, 7) is 0. The zero-order valence-corrected chi connectivity index (χ0v) is 7.92.